The molecule has 3 N–H and O–H groups in total. The Bertz CT molecular complexity index is 152. The van der Waals surface area contributed by atoms with Crippen LogP contribution in [0.4, 0.5) is 0 Å². The highest BCUT2D eigenvalue weighted by molar-refractivity contribution is 5.68. The van der Waals surface area contributed by atoms with Crippen molar-refractivity contribution in [2.45, 2.75) is 0 Å². The molecule has 0 heterocycles. The molecule has 0 saturated heterocycles. The molecule has 0 aliphatic heterocycles. The quantitative estimate of drug-likeness (QED) is 0.531. The highest BCUT2D eigenvalue weighted by Gasteiger charge is 2.04. The topological polar surface area (TPSA) is 69.8 Å². The molecular weight excluding hydrogens is 170 g/mol. The first-order valence-electron chi connectivity index (χ1n) is 4.35. The first-order chi connectivity index (χ1) is 6.06. The third-order valence-electron chi connectivity index (χ3n) is 1.78. The van der Waals surface area contributed by atoms with Crippen LogP contribution in [-0.2, 0) is 4.79 Å². The second-order valence-corrected chi connectivity index (χ2v) is 3.22. The third kappa shape index (κ3) is 7.70. The number of carboxylic acids is 1. The van der Waals surface area contributed by atoms with Crippen molar-refractivity contribution in [3.63, 3.8) is 0 Å². The fraction of sp³-hybridized carbons (Fsp3) is 0.875. The number of likely N-dealkylation sites (N-methyl/N-ethyl adjacent to an activating group) is 2. The van der Waals surface area contributed by atoms with Crippen LogP contribution in [0, 0.1) is 0 Å². The van der Waals surface area contributed by atoms with Crippen molar-refractivity contribution in [1.82, 2.24) is 9.80 Å². The summed E-state index contributed by atoms with van der Waals surface area (Å²) in [7, 11) is 3.77. The number of nitrogens with zero attached hydrogens (tertiary/aromatic N) is 2. The lowest BCUT2D eigenvalue weighted by Gasteiger charge is -2.19. The number of rotatable bonds is 7. The lowest BCUT2D eigenvalue weighted by atomic mass is 10.4. The Morgan fingerprint density at radius 2 is 1.77 bits per heavy atom. The summed E-state index contributed by atoms with van der Waals surface area (Å²) in [6, 6.07) is 0. The Balaban J connectivity index is 3.45. The number of nitrogens with two attached hydrogens (primary N) is 1. The van der Waals surface area contributed by atoms with Gasteiger partial charge >= 0.3 is 5.97 Å². The number of carbonyl (C=O) groups is 1. The van der Waals surface area contributed by atoms with Crippen molar-refractivity contribution in [1.29, 1.82) is 0 Å². The Hall–Kier alpha value is -0.650. The summed E-state index contributed by atoms with van der Waals surface area (Å²) in [4.78, 5) is 14.2. The SMILES string of the molecule is CN(CCN)CCN(C)CC(=O)O. The zero-order valence-corrected chi connectivity index (χ0v) is 8.36. The minimum atomic E-state index is -0.788. The van der Waals surface area contributed by atoms with E-state index in [1.807, 2.05) is 7.05 Å². The molecule has 0 rings (SSSR count). The van der Waals surface area contributed by atoms with E-state index in [9.17, 15) is 4.79 Å². The first kappa shape index (κ1) is 12.3. The second-order valence-electron chi connectivity index (χ2n) is 3.22. The Morgan fingerprint density at radius 1 is 1.23 bits per heavy atom. The summed E-state index contributed by atoms with van der Waals surface area (Å²) in [5.41, 5.74) is 5.37. The van der Waals surface area contributed by atoms with Crippen molar-refractivity contribution in [3.8, 4) is 0 Å². The molecular formula is C8H19N3O2. The van der Waals surface area contributed by atoms with Crippen LogP contribution < -0.4 is 5.73 Å². The summed E-state index contributed by atoms with van der Waals surface area (Å²) < 4.78 is 0. The van der Waals surface area contributed by atoms with Crippen LogP contribution in [0.5, 0.6) is 0 Å². The van der Waals surface area contributed by atoms with Gasteiger partial charge in [-0.15, -0.1) is 0 Å². The molecule has 0 aromatic rings. The average molecular weight is 189 g/mol. The molecule has 0 amide bonds. The summed E-state index contributed by atoms with van der Waals surface area (Å²) in [5, 5.41) is 8.48. The maximum Gasteiger partial charge on any atom is 0.317 e. The van der Waals surface area contributed by atoms with Crippen molar-refractivity contribution in [2.75, 3.05) is 46.8 Å². The zero-order chi connectivity index (χ0) is 10.3. The summed E-state index contributed by atoms with van der Waals surface area (Å²) in [6.07, 6.45) is 0. The molecule has 0 radical (unpaired) electrons. The largest absolute Gasteiger partial charge is 0.480 e. The van der Waals surface area contributed by atoms with Crippen LogP contribution in [0.2, 0.25) is 0 Å². The van der Waals surface area contributed by atoms with Gasteiger partial charge in [0.15, 0.2) is 0 Å². The van der Waals surface area contributed by atoms with Gasteiger partial charge in [-0.1, -0.05) is 0 Å². The molecule has 0 fully saturated rings. The van der Waals surface area contributed by atoms with Gasteiger partial charge in [0.1, 0.15) is 0 Å². The van der Waals surface area contributed by atoms with Crippen molar-refractivity contribution < 1.29 is 9.90 Å². The van der Waals surface area contributed by atoms with Crippen LogP contribution >= 0.6 is 0 Å². The van der Waals surface area contributed by atoms with Gasteiger partial charge in [-0.05, 0) is 14.1 Å². The maximum atomic E-state index is 10.3. The molecule has 0 aromatic heterocycles. The third-order valence-corrected chi connectivity index (χ3v) is 1.78. The predicted molar refractivity (Wildman–Crippen MR) is 51.7 cm³/mol. The van der Waals surface area contributed by atoms with E-state index in [0.29, 0.717) is 6.54 Å². The highest BCUT2D eigenvalue weighted by Crippen LogP contribution is 1.85. The molecule has 0 saturated carbocycles. The van der Waals surface area contributed by atoms with Gasteiger partial charge in [0.25, 0.3) is 0 Å². The normalized spacial score (nSPS) is 11.2. The molecule has 78 valence electrons. The van der Waals surface area contributed by atoms with Gasteiger partial charge in [0, 0.05) is 26.2 Å². The van der Waals surface area contributed by atoms with Crippen molar-refractivity contribution >= 4 is 5.97 Å². The Labute approximate surface area is 79.1 Å². The van der Waals surface area contributed by atoms with E-state index in [1.165, 1.54) is 0 Å². The molecule has 0 aliphatic rings. The van der Waals surface area contributed by atoms with E-state index in [1.54, 1.807) is 11.9 Å². The Morgan fingerprint density at radius 3 is 2.23 bits per heavy atom. The standard InChI is InChI=1S/C8H19N3O2/c1-10(4-3-9)5-6-11(2)7-8(12)13/h3-7,9H2,1-2H3,(H,12,13). The van der Waals surface area contributed by atoms with Crippen LogP contribution in [-0.4, -0.2) is 67.7 Å². The number of hydrogen-bond acceptors (Lipinski definition) is 4. The summed E-state index contributed by atoms with van der Waals surface area (Å²) >= 11 is 0. The average Bonchev–Trinajstić information content (AvgIpc) is 2.00. The van der Waals surface area contributed by atoms with E-state index in [0.717, 1.165) is 19.6 Å². The molecule has 0 atom stereocenters. The molecule has 5 heteroatoms. The summed E-state index contributed by atoms with van der Waals surface area (Å²) in [5.74, 6) is -0.788. The van der Waals surface area contributed by atoms with Gasteiger partial charge in [-0.2, -0.15) is 0 Å². The second kappa shape index (κ2) is 6.82. The van der Waals surface area contributed by atoms with E-state index in [2.05, 4.69) is 4.90 Å². The molecule has 0 unspecified atom stereocenters. The van der Waals surface area contributed by atoms with Gasteiger partial charge in [-0.25, -0.2) is 0 Å². The smallest absolute Gasteiger partial charge is 0.317 e. The molecule has 0 spiro atoms. The fourth-order valence-electron chi connectivity index (χ4n) is 0.984. The minimum absolute atomic E-state index is 0.0937. The highest BCUT2D eigenvalue weighted by atomic mass is 16.4. The summed E-state index contributed by atoms with van der Waals surface area (Å²) in [6.45, 7) is 3.18. The van der Waals surface area contributed by atoms with Crippen LogP contribution in [0.15, 0.2) is 0 Å². The van der Waals surface area contributed by atoms with Crippen LogP contribution in [0.1, 0.15) is 0 Å². The molecule has 13 heavy (non-hydrogen) atoms. The van der Waals surface area contributed by atoms with Gasteiger partial charge in [0.2, 0.25) is 0 Å². The van der Waals surface area contributed by atoms with Crippen molar-refractivity contribution in [3.05, 3.63) is 0 Å². The van der Waals surface area contributed by atoms with E-state index >= 15 is 0 Å². The Kier molecular flexibility index (Phi) is 6.48. The number of carboxylic acid groups (broad SMARTS) is 1. The monoisotopic (exact) mass is 189 g/mol. The van der Waals surface area contributed by atoms with E-state index in [4.69, 9.17) is 10.8 Å². The predicted octanol–water partition coefficient (Wildman–Crippen LogP) is -1.11. The van der Waals surface area contributed by atoms with Crippen LogP contribution in [0.25, 0.3) is 0 Å². The fourth-order valence-corrected chi connectivity index (χ4v) is 0.984. The van der Waals surface area contributed by atoms with E-state index < -0.39 is 5.97 Å². The molecule has 0 bridgehead atoms. The minimum Gasteiger partial charge on any atom is -0.480 e. The van der Waals surface area contributed by atoms with Crippen molar-refractivity contribution in [2.24, 2.45) is 5.73 Å². The number of aliphatic carboxylic acids is 1. The molecule has 0 aromatic carbocycles. The number of hydrogen-bond donors (Lipinski definition) is 2. The molecule has 0 aliphatic carbocycles. The van der Waals surface area contributed by atoms with E-state index in [-0.39, 0.29) is 6.54 Å². The first-order valence-corrected chi connectivity index (χ1v) is 4.35. The zero-order valence-electron chi connectivity index (χ0n) is 8.36. The lowest BCUT2D eigenvalue weighted by Crippen LogP contribution is -2.35. The molecule has 5 nitrogen and oxygen atoms in total. The lowest BCUT2D eigenvalue weighted by molar-refractivity contribution is -0.138. The van der Waals surface area contributed by atoms with Crippen LogP contribution in [0.3, 0.4) is 0 Å². The maximum absolute atomic E-state index is 10.3. The van der Waals surface area contributed by atoms with Gasteiger partial charge in [0.05, 0.1) is 6.54 Å². The van der Waals surface area contributed by atoms with Gasteiger partial charge in [-0.3, -0.25) is 9.69 Å². The van der Waals surface area contributed by atoms with Gasteiger partial charge < -0.3 is 15.7 Å².